The van der Waals surface area contributed by atoms with E-state index < -0.39 is 0 Å². The van der Waals surface area contributed by atoms with Crippen LogP contribution in [0.1, 0.15) is 18.1 Å². The SMILES string of the molecule is C#Cc1ccc(/C(C=C)=C/C)cc1. The first-order valence-corrected chi connectivity index (χ1v) is 4.17. The highest BCUT2D eigenvalue weighted by atomic mass is 14.0. The van der Waals surface area contributed by atoms with E-state index in [9.17, 15) is 0 Å². The summed E-state index contributed by atoms with van der Waals surface area (Å²) < 4.78 is 0. The van der Waals surface area contributed by atoms with E-state index in [-0.39, 0.29) is 0 Å². The normalized spacial score (nSPS) is 10.6. The van der Waals surface area contributed by atoms with Gasteiger partial charge in [0.05, 0.1) is 0 Å². The molecule has 1 aromatic carbocycles. The Balaban J connectivity index is 3.06. The lowest BCUT2D eigenvalue weighted by atomic mass is 10.0. The lowest BCUT2D eigenvalue weighted by Gasteiger charge is -2.00. The molecule has 0 saturated carbocycles. The van der Waals surface area contributed by atoms with Crippen LogP contribution in [0.4, 0.5) is 0 Å². The average molecular weight is 168 g/mol. The Hall–Kier alpha value is -1.74. The van der Waals surface area contributed by atoms with Gasteiger partial charge in [0.15, 0.2) is 0 Å². The summed E-state index contributed by atoms with van der Waals surface area (Å²) in [6.45, 7) is 5.73. The van der Waals surface area contributed by atoms with E-state index in [1.54, 1.807) is 0 Å². The van der Waals surface area contributed by atoms with E-state index in [0.717, 1.165) is 16.7 Å². The first kappa shape index (κ1) is 9.35. The zero-order chi connectivity index (χ0) is 9.68. The molecule has 0 saturated heterocycles. The molecule has 0 aliphatic carbocycles. The van der Waals surface area contributed by atoms with Crippen LogP contribution in [0.5, 0.6) is 0 Å². The predicted octanol–water partition coefficient (Wildman–Crippen LogP) is 3.26. The maximum atomic E-state index is 5.26. The largest absolute Gasteiger partial charge is 0.115 e. The first-order valence-electron chi connectivity index (χ1n) is 4.17. The summed E-state index contributed by atoms with van der Waals surface area (Å²) in [7, 11) is 0. The van der Waals surface area contributed by atoms with Crippen LogP contribution >= 0.6 is 0 Å². The van der Waals surface area contributed by atoms with Gasteiger partial charge in [-0.1, -0.05) is 36.8 Å². The van der Waals surface area contributed by atoms with Crippen LogP contribution in [0.2, 0.25) is 0 Å². The molecule has 0 aliphatic rings. The molecule has 0 nitrogen and oxygen atoms in total. The summed E-state index contributed by atoms with van der Waals surface area (Å²) in [4.78, 5) is 0. The number of rotatable bonds is 2. The molecular formula is C13H12. The Morgan fingerprint density at radius 2 is 2.00 bits per heavy atom. The van der Waals surface area contributed by atoms with Crippen molar-refractivity contribution in [2.75, 3.05) is 0 Å². The molecule has 0 heteroatoms. The maximum Gasteiger partial charge on any atom is 0.0243 e. The van der Waals surface area contributed by atoms with E-state index in [4.69, 9.17) is 6.42 Å². The van der Waals surface area contributed by atoms with E-state index >= 15 is 0 Å². The molecule has 0 heterocycles. The number of benzene rings is 1. The van der Waals surface area contributed by atoms with Gasteiger partial charge in [0, 0.05) is 5.56 Å². The summed E-state index contributed by atoms with van der Waals surface area (Å²) in [5.41, 5.74) is 3.18. The van der Waals surface area contributed by atoms with Crippen molar-refractivity contribution in [2.45, 2.75) is 6.92 Å². The van der Waals surface area contributed by atoms with E-state index in [1.165, 1.54) is 0 Å². The average Bonchev–Trinajstić information content (AvgIpc) is 2.21. The third-order valence-electron chi connectivity index (χ3n) is 1.92. The minimum Gasteiger partial charge on any atom is -0.115 e. The second kappa shape index (κ2) is 4.33. The molecule has 1 aromatic rings. The summed E-state index contributed by atoms with van der Waals surface area (Å²) in [5.74, 6) is 2.58. The van der Waals surface area contributed by atoms with Crippen molar-refractivity contribution in [3.63, 3.8) is 0 Å². The number of hydrogen-bond acceptors (Lipinski definition) is 0. The van der Waals surface area contributed by atoms with Crippen LogP contribution in [0.3, 0.4) is 0 Å². The second-order valence-corrected chi connectivity index (χ2v) is 2.67. The van der Waals surface area contributed by atoms with Crippen LogP contribution in [-0.4, -0.2) is 0 Å². The van der Waals surface area contributed by atoms with Crippen molar-refractivity contribution in [3.8, 4) is 12.3 Å². The van der Waals surface area contributed by atoms with Gasteiger partial charge in [-0.3, -0.25) is 0 Å². The quantitative estimate of drug-likeness (QED) is 0.469. The van der Waals surface area contributed by atoms with Crippen molar-refractivity contribution in [3.05, 3.63) is 54.1 Å². The smallest absolute Gasteiger partial charge is 0.0243 e. The number of terminal acetylenes is 1. The van der Waals surface area contributed by atoms with Crippen molar-refractivity contribution in [1.29, 1.82) is 0 Å². The van der Waals surface area contributed by atoms with E-state index in [1.807, 2.05) is 43.3 Å². The molecule has 0 unspecified atom stereocenters. The Morgan fingerprint density at radius 3 is 2.38 bits per heavy atom. The predicted molar refractivity (Wildman–Crippen MR) is 58.2 cm³/mol. The molecular weight excluding hydrogens is 156 g/mol. The van der Waals surface area contributed by atoms with Crippen LogP contribution < -0.4 is 0 Å². The molecule has 0 bridgehead atoms. The molecule has 0 N–H and O–H groups in total. The molecule has 0 radical (unpaired) electrons. The lowest BCUT2D eigenvalue weighted by molar-refractivity contribution is 1.57. The summed E-state index contributed by atoms with van der Waals surface area (Å²) in [6, 6.07) is 7.88. The Bertz CT molecular complexity index is 358. The fourth-order valence-corrected chi connectivity index (χ4v) is 1.16. The summed E-state index contributed by atoms with van der Waals surface area (Å²) in [6.07, 6.45) is 9.12. The van der Waals surface area contributed by atoms with Gasteiger partial charge in [0.2, 0.25) is 0 Å². The third kappa shape index (κ3) is 2.10. The lowest BCUT2D eigenvalue weighted by Crippen LogP contribution is -1.80. The topological polar surface area (TPSA) is 0 Å². The number of allylic oxidation sites excluding steroid dienone is 3. The van der Waals surface area contributed by atoms with Gasteiger partial charge in [0.1, 0.15) is 0 Å². The minimum absolute atomic E-state index is 0.906. The molecule has 0 aliphatic heterocycles. The van der Waals surface area contributed by atoms with E-state index in [2.05, 4.69) is 12.5 Å². The fraction of sp³-hybridized carbons (Fsp3) is 0.0769. The maximum absolute atomic E-state index is 5.26. The molecule has 13 heavy (non-hydrogen) atoms. The van der Waals surface area contributed by atoms with Crippen molar-refractivity contribution in [2.24, 2.45) is 0 Å². The van der Waals surface area contributed by atoms with Crippen LogP contribution in [0, 0.1) is 12.3 Å². The Labute approximate surface area is 79.6 Å². The molecule has 0 spiro atoms. The summed E-state index contributed by atoms with van der Waals surface area (Å²) in [5, 5.41) is 0. The highest BCUT2D eigenvalue weighted by Crippen LogP contribution is 2.15. The highest BCUT2D eigenvalue weighted by Gasteiger charge is 1.94. The molecule has 0 atom stereocenters. The van der Waals surface area contributed by atoms with Crippen LogP contribution in [-0.2, 0) is 0 Å². The van der Waals surface area contributed by atoms with Crippen molar-refractivity contribution < 1.29 is 0 Å². The molecule has 64 valence electrons. The van der Waals surface area contributed by atoms with E-state index in [0.29, 0.717) is 0 Å². The van der Waals surface area contributed by atoms with Crippen molar-refractivity contribution in [1.82, 2.24) is 0 Å². The third-order valence-corrected chi connectivity index (χ3v) is 1.92. The highest BCUT2D eigenvalue weighted by molar-refractivity contribution is 5.73. The Morgan fingerprint density at radius 1 is 1.38 bits per heavy atom. The fourth-order valence-electron chi connectivity index (χ4n) is 1.16. The van der Waals surface area contributed by atoms with Crippen LogP contribution in [0.15, 0.2) is 43.0 Å². The van der Waals surface area contributed by atoms with Gasteiger partial charge in [-0.25, -0.2) is 0 Å². The Kier molecular flexibility index (Phi) is 3.11. The molecule has 0 fully saturated rings. The minimum atomic E-state index is 0.906. The van der Waals surface area contributed by atoms with Gasteiger partial charge in [-0.2, -0.15) is 0 Å². The van der Waals surface area contributed by atoms with Gasteiger partial charge >= 0.3 is 0 Å². The first-order chi connectivity index (χ1) is 6.31. The summed E-state index contributed by atoms with van der Waals surface area (Å²) >= 11 is 0. The zero-order valence-corrected chi connectivity index (χ0v) is 7.75. The number of hydrogen-bond donors (Lipinski definition) is 0. The van der Waals surface area contributed by atoms with Gasteiger partial charge in [0.25, 0.3) is 0 Å². The van der Waals surface area contributed by atoms with Gasteiger partial charge in [-0.05, 0) is 30.2 Å². The van der Waals surface area contributed by atoms with Crippen molar-refractivity contribution >= 4 is 5.57 Å². The van der Waals surface area contributed by atoms with Gasteiger partial charge in [-0.15, -0.1) is 6.42 Å². The van der Waals surface area contributed by atoms with Crippen LogP contribution in [0.25, 0.3) is 5.57 Å². The zero-order valence-electron chi connectivity index (χ0n) is 7.75. The standard InChI is InChI=1S/C13H12/c1-4-11-7-9-13(10-8-11)12(5-2)6-3/h1,5-10H,2H2,3H3/b12-6+. The molecule has 1 rings (SSSR count). The molecule has 0 aromatic heterocycles. The second-order valence-electron chi connectivity index (χ2n) is 2.67. The van der Waals surface area contributed by atoms with Gasteiger partial charge < -0.3 is 0 Å². The molecule has 0 amide bonds. The monoisotopic (exact) mass is 168 g/mol.